The zero-order valence-corrected chi connectivity index (χ0v) is 12.4. The Morgan fingerprint density at radius 2 is 1.70 bits per heavy atom. The maximum absolute atomic E-state index is 12.3. The van der Waals surface area contributed by atoms with Gasteiger partial charge in [-0.25, -0.2) is 0 Å². The molecule has 1 amide bonds. The second-order valence-electron chi connectivity index (χ2n) is 5.56. The van der Waals surface area contributed by atoms with E-state index in [1.54, 1.807) is 4.90 Å². The second kappa shape index (κ2) is 5.68. The van der Waals surface area contributed by atoms with Gasteiger partial charge in [0.15, 0.2) is 0 Å². The Balaban J connectivity index is 1.56. The van der Waals surface area contributed by atoms with Crippen LogP contribution in [0.25, 0.3) is 11.4 Å². The van der Waals surface area contributed by atoms with Crippen molar-refractivity contribution < 1.29 is 9.32 Å². The lowest BCUT2D eigenvalue weighted by Crippen LogP contribution is -2.24. The predicted octanol–water partition coefficient (Wildman–Crippen LogP) is 3.26. The molecule has 0 saturated carbocycles. The summed E-state index contributed by atoms with van der Waals surface area (Å²) in [5.74, 6) is 1.11. The molecule has 114 valence electrons. The molecule has 1 fully saturated rings. The van der Waals surface area contributed by atoms with E-state index in [1.165, 1.54) is 0 Å². The van der Waals surface area contributed by atoms with Crippen molar-refractivity contribution in [2.24, 2.45) is 0 Å². The molecule has 0 aliphatic carbocycles. The summed E-state index contributed by atoms with van der Waals surface area (Å²) in [6, 6.07) is 19.3. The Morgan fingerprint density at radius 1 is 1.00 bits per heavy atom. The summed E-state index contributed by atoms with van der Waals surface area (Å²) in [5.41, 5.74) is 1.81. The molecule has 0 N–H and O–H groups in total. The lowest BCUT2D eigenvalue weighted by atomic mass is 10.1. The van der Waals surface area contributed by atoms with Gasteiger partial charge in [0.1, 0.15) is 0 Å². The third kappa shape index (κ3) is 2.61. The van der Waals surface area contributed by atoms with Crippen LogP contribution in [-0.2, 0) is 4.79 Å². The number of anilines is 1. The molecule has 0 unspecified atom stereocenters. The normalized spacial score (nSPS) is 17.7. The van der Waals surface area contributed by atoms with Crippen molar-refractivity contribution in [3.8, 4) is 11.4 Å². The quantitative estimate of drug-likeness (QED) is 0.745. The van der Waals surface area contributed by atoms with Crippen molar-refractivity contribution in [1.82, 2.24) is 10.1 Å². The van der Waals surface area contributed by atoms with Crippen LogP contribution in [0.3, 0.4) is 0 Å². The van der Waals surface area contributed by atoms with Gasteiger partial charge in [-0.3, -0.25) is 4.79 Å². The molecule has 1 saturated heterocycles. The van der Waals surface area contributed by atoms with Gasteiger partial charge < -0.3 is 9.42 Å². The average Bonchev–Trinajstić information content (AvgIpc) is 3.23. The van der Waals surface area contributed by atoms with Gasteiger partial charge in [-0.1, -0.05) is 53.7 Å². The number of carbonyl (C=O) groups is 1. The van der Waals surface area contributed by atoms with E-state index in [9.17, 15) is 4.79 Å². The molecule has 23 heavy (non-hydrogen) atoms. The summed E-state index contributed by atoms with van der Waals surface area (Å²) in [6.07, 6.45) is 0.394. The number of carbonyl (C=O) groups excluding carboxylic acids is 1. The highest BCUT2D eigenvalue weighted by molar-refractivity contribution is 5.96. The number of para-hydroxylation sites is 1. The van der Waals surface area contributed by atoms with E-state index in [4.69, 9.17) is 4.52 Å². The van der Waals surface area contributed by atoms with Crippen LogP contribution >= 0.6 is 0 Å². The van der Waals surface area contributed by atoms with Gasteiger partial charge in [0.25, 0.3) is 0 Å². The minimum Gasteiger partial charge on any atom is -0.339 e. The fraction of sp³-hybridized carbons (Fsp3) is 0.167. The van der Waals surface area contributed by atoms with E-state index in [-0.39, 0.29) is 11.8 Å². The van der Waals surface area contributed by atoms with E-state index in [0.29, 0.717) is 24.7 Å². The van der Waals surface area contributed by atoms with Crippen LogP contribution in [0, 0.1) is 0 Å². The maximum atomic E-state index is 12.3. The Hall–Kier alpha value is -2.95. The molecule has 1 aliphatic rings. The summed E-state index contributed by atoms with van der Waals surface area (Å²) in [4.78, 5) is 18.5. The zero-order valence-electron chi connectivity index (χ0n) is 12.4. The third-order valence-electron chi connectivity index (χ3n) is 4.02. The molecule has 0 radical (unpaired) electrons. The van der Waals surface area contributed by atoms with E-state index in [0.717, 1.165) is 11.3 Å². The Labute approximate surface area is 133 Å². The van der Waals surface area contributed by atoms with Crippen LogP contribution in [0.2, 0.25) is 0 Å². The van der Waals surface area contributed by atoms with Crippen molar-refractivity contribution in [1.29, 1.82) is 0 Å². The van der Waals surface area contributed by atoms with E-state index >= 15 is 0 Å². The van der Waals surface area contributed by atoms with Gasteiger partial charge in [0.2, 0.25) is 17.6 Å². The van der Waals surface area contributed by atoms with E-state index in [1.807, 2.05) is 60.7 Å². The second-order valence-corrected chi connectivity index (χ2v) is 5.56. The number of benzene rings is 2. The molecule has 5 nitrogen and oxygen atoms in total. The van der Waals surface area contributed by atoms with Crippen LogP contribution in [-0.4, -0.2) is 22.6 Å². The van der Waals surface area contributed by atoms with Crippen LogP contribution in [0.15, 0.2) is 65.2 Å². The maximum Gasteiger partial charge on any atom is 0.232 e. The Bertz CT molecular complexity index is 815. The lowest BCUT2D eigenvalue weighted by molar-refractivity contribution is -0.117. The van der Waals surface area contributed by atoms with Crippen molar-refractivity contribution in [3.63, 3.8) is 0 Å². The third-order valence-corrected chi connectivity index (χ3v) is 4.02. The van der Waals surface area contributed by atoms with Crippen molar-refractivity contribution in [2.75, 3.05) is 11.4 Å². The predicted molar refractivity (Wildman–Crippen MR) is 85.9 cm³/mol. The summed E-state index contributed by atoms with van der Waals surface area (Å²) >= 11 is 0. The van der Waals surface area contributed by atoms with Gasteiger partial charge in [-0.15, -0.1) is 0 Å². The highest BCUT2D eigenvalue weighted by Crippen LogP contribution is 2.31. The molecule has 2 heterocycles. The molecular weight excluding hydrogens is 290 g/mol. The molecule has 2 aromatic carbocycles. The summed E-state index contributed by atoms with van der Waals surface area (Å²) in [5, 5.41) is 4.04. The molecule has 4 rings (SSSR count). The number of aromatic nitrogens is 2. The van der Waals surface area contributed by atoms with Crippen molar-refractivity contribution in [2.45, 2.75) is 12.3 Å². The molecule has 1 atom stereocenters. The lowest BCUT2D eigenvalue weighted by Gasteiger charge is -2.15. The largest absolute Gasteiger partial charge is 0.339 e. The van der Waals surface area contributed by atoms with Gasteiger partial charge in [0.05, 0.1) is 5.92 Å². The molecule has 1 aromatic heterocycles. The minimum atomic E-state index is -0.0623. The van der Waals surface area contributed by atoms with Gasteiger partial charge in [-0.05, 0) is 12.1 Å². The molecule has 0 bridgehead atoms. The van der Waals surface area contributed by atoms with Gasteiger partial charge >= 0.3 is 0 Å². The van der Waals surface area contributed by atoms with Crippen LogP contribution < -0.4 is 4.90 Å². The van der Waals surface area contributed by atoms with Crippen LogP contribution in [0.1, 0.15) is 18.2 Å². The number of hydrogen-bond donors (Lipinski definition) is 0. The first-order valence-electron chi connectivity index (χ1n) is 7.56. The topological polar surface area (TPSA) is 59.2 Å². The number of nitrogens with zero attached hydrogens (tertiary/aromatic N) is 3. The molecule has 3 aromatic rings. The monoisotopic (exact) mass is 305 g/mol. The summed E-state index contributed by atoms with van der Waals surface area (Å²) < 4.78 is 5.40. The average molecular weight is 305 g/mol. The number of amides is 1. The van der Waals surface area contributed by atoms with Crippen molar-refractivity contribution >= 4 is 11.6 Å². The fourth-order valence-corrected chi connectivity index (χ4v) is 2.84. The SMILES string of the molecule is O=C1C[C@@H](c2nc(-c3ccccc3)no2)CN1c1ccccc1. The summed E-state index contributed by atoms with van der Waals surface area (Å²) in [7, 11) is 0. The first-order valence-corrected chi connectivity index (χ1v) is 7.56. The highest BCUT2D eigenvalue weighted by atomic mass is 16.5. The smallest absolute Gasteiger partial charge is 0.232 e. The van der Waals surface area contributed by atoms with E-state index < -0.39 is 0 Å². The minimum absolute atomic E-state index is 0.0623. The fourth-order valence-electron chi connectivity index (χ4n) is 2.84. The highest BCUT2D eigenvalue weighted by Gasteiger charge is 2.35. The Morgan fingerprint density at radius 3 is 2.43 bits per heavy atom. The zero-order chi connectivity index (χ0) is 15.6. The molecule has 0 spiro atoms. The number of hydrogen-bond acceptors (Lipinski definition) is 4. The van der Waals surface area contributed by atoms with Gasteiger partial charge in [0, 0.05) is 24.2 Å². The van der Waals surface area contributed by atoms with Crippen LogP contribution in [0.4, 0.5) is 5.69 Å². The van der Waals surface area contributed by atoms with Crippen LogP contribution in [0.5, 0.6) is 0 Å². The van der Waals surface area contributed by atoms with E-state index in [2.05, 4.69) is 10.1 Å². The van der Waals surface area contributed by atoms with Gasteiger partial charge in [-0.2, -0.15) is 4.98 Å². The Kier molecular flexibility index (Phi) is 3.38. The summed E-state index contributed by atoms with van der Waals surface area (Å²) in [6.45, 7) is 0.569. The van der Waals surface area contributed by atoms with Crippen molar-refractivity contribution in [3.05, 3.63) is 66.6 Å². The number of rotatable bonds is 3. The molecule has 1 aliphatic heterocycles. The first kappa shape index (κ1) is 13.7. The molecular formula is C18H15N3O2. The molecule has 5 heteroatoms. The first-order chi connectivity index (χ1) is 11.3. The standard InChI is InChI=1S/C18H15N3O2/c22-16-11-14(12-21(16)15-9-5-2-6-10-15)18-19-17(20-23-18)13-7-3-1-4-8-13/h1-10,14H,11-12H2/t14-/m1/s1.